The van der Waals surface area contributed by atoms with Crippen molar-refractivity contribution in [1.82, 2.24) is 15.1 Å². The van der Waals surface area contributed by atoms with Crippen molar-refractivity contribution in [3.63, 3.8) is 0 Å². The molecule has 1 aromatic carbocycles. The van der Waals surface area contributed by atoms with E-state index < -0.39 is 0 Å². The first-order chi connectivity index (χ1) is 9.01. The monoisotopic (exact) mass is 281 g/mol. The molecule has 0 amide bonds. The van der Waals surface area contributed by atoms with E-state index >= 15 is 0 Å². The number of rotatable bonds is 4. The molecule has 2 rings (SSSR count). The Hall–Kier alpha value is -1.39. The average Bonchev–Trinajstić information content (AvgIpc) is 2.70. The molecule has 1 N–H and O–H groups in total. The number of nitrogens with one attached hydrogen (secondary N) is 1. The molecule has 0 saturated carbocycles. The Morgan fingerprint density at radius 3 is 2.68 bits per heavy atom. The van der Waals surface area contributed by atoms with Crippen molar-refractivity contribution in [3.05, 3.63) is 52.1 Å². The molecule has 1 aromatic heterocycles. The highest BCUT2D eigenvalue weighted by Crippen LogP contribution is 2.22. The van der Waals surface area contributed by atoms with Crippen LogP contribution in [0.3, 0.4) is 0 Å². The summed E-state index contributed by atoms with van der Waals surface area (Å²) in [5.41, 5.74) is 3.07. The van der Waals surface area contributed by atoms with Crippen LogP contribution in [0.4, 0.5) is 4.39 Å². The second-order valence-corrected chi connectivity index (χ2v) is 5.04. The fraction of sp³-hybridized carbons (Fsp3) is 0.357. The summed E-state index contributed by atoms with van der Waals surface area (Å²) >= 11 is 5.81. The summed E-state index contributed by atoms with van der Waals surface area (Å²) in [6, 6.07) is 7.00. The first-order valence-electron chi connectivity index (χ1n) is 6.13. The van der Waals surface area contributed by atoms with E-state index in [4.69, 9.17) is 11.6 Å². The Morgan fingerprint density at radius 1 is 1.42 bits per heavy atom. The van der Waals surface area contributed by atoms with Crippen LogP contribution < -0.4 is 5.32 Å². The van der Waals surface area contributed by atoms with Crippen LogP contribution in [0.15, 0.2) is 24.3 Å². The molecular formula is C14H17ClFN3. The molecule has 0 aliphatic carbocycles. The zero-order chi connectivity index (χ0) is 14.0. The van der Waals surface area contributed by atoms with Crippen LogP contribution in [0.5, 0.6) is 0 Å². The number of aromatic nitrogens is 2. The fourth-order valence-corrected chi connectivity index (χ4v) is 2.42. The number of hydrogen-bond acceptors (Lipinski definition) is 2. The van der Waals surface area contributed by atoms with Crippen molar-refractivity contribution in [2.45, 2.75) is 19.4 Å². The summed E-state index contributed by atoms with van der Waals surface area (Å²) in [4.78, 5) is 0. The Morgan fingerprint density at radius 2 is 2.16 bits per heavy atom. The summed E-state index contributed by atoms with van der Waals surface area (Å²) in [6.07, 6.45) is 0.732. The van der Waals surface area contributed by atoms with Crippen LogP contribution in [-0.4, -0.2) is 16.8 Å². The Kier molecular flexibility index (Phi) is 4.22. The minimum Gasteiger partial charge on any atom is -0.311 e. The molecule has 0 bridgehead atoms. The molecule has 1 heterocycles. The van der Waals surface area contributed by atoms with Gasteiger partial charge in [0.05, 0.1) is 22.5 Å². The van der Waals surface area contributed by atoms with Gasteiger partial charge in [0.1, 0.15) is 5.82 Å². The predicted molar refractivity (Wildman–Crippen MR) is 74.9 cm³/mol. The Labute approximate surface area is 117 Å². The van der Waals surface area contributed by atoms with Crippen LogP contribution in [0.2, 0.25) is 5.02 Å². The molecule has 0 spiro atoms. The van der Waals surface area contributed by atoms with Crippen molar-refractivity contribution in [2.75, 3.05) is 7.05 Å². The highest BCUT2D eigenvalue weighted by molar-refractivity contribution is 6.30. The van der Waals surface area contributed by atoms with Gasteiger partial charge in [-0.25, -0.2) is 4.39 Å². The molecule has 5 heteroatoms. The van der Waals surface area contributed by atoms with E-state index in [0.29, 0.717) is 0 Å². The second-order valence-electron chi connectivity index (χ2n) is 4.63. The van der Waals surface area contributed by atoms with Crippen molar-refractivity contribution in [3.8, 4) is 0 Å². The SMILES string of the molecule is CNC(Cc1ccc(F)c(Cl)c1)c1cc(C)nn1C. The quantitative estimate of drug-likeness (QED) is 0.934. The second kappa shape index (κ2) is 5.72. The molecule has 1 unspecified atom stereocenters. The van der Waals surface area contributed by atoms with Gasteiger partial charge >= 0.3 is 0 Å². The van der Waals surface area contributed by atoms with Gasteiger partial charge in [0.2, 0.25) is 0 Å². The molecule has 19 heavy (non-hydrogen) atoms. The molecule has 102 valence electrons. The number of likely N-dealkylation sites (N-methyl/N-ethyl adjacent to an activating group) is 1. The average molecular weight is 282 g/mol. The van der Waals surface area contributed by atoms with E-state index in [-0.39, 0.29) is 16.9 Å². The molecule has 0 aliphatic rings. The van der Waals surface area contributed by atoms with Gasteiger partial charge in [-0.3, -0.25) is 4.68 Å². The molecule has 0 fully saturated rings. The topological polar surface area (TPSA) is 29.9 Å². The first kappa shape index (κ1) is 14.0. The fourth-order valence-electron chi connectivity index (χ4n) is 2.21. The normalized spacial score (nSPS) is 12.7. The Balaban J connectivity index is 2.23. The number of nitrogens with zero attached hydrogens (tertiary/aromatic N) is 2. The lowest BCUT2D eigenvalue weighted by Crippen LogP contribution is -2.21. The van der Waals surface area contributed by atoms with Gasteiger partial charge < -0.3 is 5.32 Å². The van der Waals surface area contributed by atoms with Gasteiger partial charge in [-0.1, -0.05) is 17.7 Å². The summed E-state index contributed by atoms with van der Waals surface area (Å²) in [5, 5.41) is 7.76. The van der Waals surface area contributed by atoms with Crippen LogP contribution in [-0.2, 0) is 13.5 Å². The number of hydrogen-bond donors (Lipinski definition) is 1. The highest BCUT2D eigenvalue weighted by atomic mass is 35.5. The minimum atomic E-state index is -0.386. The van der Waals surface area contributed by atoms with Gasteiger partial charge in [0.15, 0.2) is 0 Å². The smallest absolute Gasteiger partial charge is 0.141 e. The third-order valence-electron chi connectivity index (χ3n) is 3.17. The summed E-state index contributed by atoms with van der Waals surface area (Å²) in [6.45, 7) is 1.96. The molecule has 1 atom stereocenters. The van der Waals surface area contributed by atoms with Crippen LogP contribution >= 0.6 is 11.6 Å². The van der Waals surface area contributed by atoms with Crippen molar-refractivity contribution in [1.29, 1.82) is 0 Å². The zero-order valence-corrected chi connectivity index (χ0v) is 12.0. The molecule has 3 nitrogen and oxygen atoms in total. The predicted octanol–water partition coefficient (Wildman–Crippen LogP) is 3.02. The van der Waals surface area contributed by atoms with Crippen molar-refractivity contribution < 1.29 is 4.39 Å². The lowest BCUT2D eigenvalue weighted by Gasteiger charge is -2.16. The van der Waals surface area contributed by atoms with E-state index in [2.05, 4.69) is 10.4 Å². The van der Waals surface area contributed by atoms with Gasteiger partial charge in [0.25, 0.3) is 0 Å². The van der Waals surface area contributed by atoms with Gasteiger partial charge in [0, 0.05) is 7.05 Å². The van der Waals surface area contributed by atoms with Crippen LogP contribution in [0, 0.1) is 12.7 Å². The van der Waals surface area contributed by atoms with Crippen LogP contribution in [0.1, 0.15) is 23.0 Å². The third kappa shape index (κ3) is 3.14. The van der Waals surface area contributed by atoms with Crippen LogP contribution in [0.25, 0.3) is 0 Å². The molecular weight excluding hydrogens is 265 g/mol. The summed E-state index contributed by atoms with van der Waals surface area (Å²) in [5.74, 6) is -0.386. The maximum Gasteiger partial charge on any atom is 0.141 e. The lowest BCUT2D eigenvalue weighted by atomic mass is 10.0. The van der Waals surface area contributed by atoms with E-state index in [1.54, 1.807) is 12.1 Å². The van der Waals surface area contributed by atoms with Crippen molar-refractivity contribution >= 4 is 11.6 Å². The standard InChI is InChI=1S/C14H17ClFN3/c1-9-6-14(19(3)18-9)13(17-2)8-10-4-5-12(16)11(15)7-10/h4-7,13,17H,8H2,1-3H3. The van der Waals surface area contributed by atoms with Gasteiger partial charge in [-0.15, -0.1) is 0 Å². The molecule has 0 aliphatic heterocycles. The summed E-state index contributed by atoms with van der Waals surface area (Å²) in [7, 11) is 3.82. The minimum absolute atomic E-state index is 0.118. The van der Waals surface area contributed by atoms with E-state index in [9.17, 15) is 4.39 Å². The lowest BCUT2D eigenvalue weighted by molar-refractivity contribution is 0.536. The maximum atomic E-state index is 13.1. The molecule has 2 aromatic rings. The van der Waals surface area contributed by atoms with E-state index in [1.165, 1.54) is 6.07 Å². The highest BCUT2D eigenvalue weighted by Gasteiger charge is 2.15. The zero-order valence-electron chi connectivity index (χ0n) is 11.2. The number of aryl methyl sites for hydroxylation is 2. The number of benzene rings is 1. The first-order valence-corrected chi connectivity index (χ1v) is 6.50. The maximum absolute atomic E-state index is 13.1. The van der Waals surface area contributed by atoms with E-state index in [0.717, 1.165) is 23.4 Å². The number of halogens is 2. The van der Waals surface area contributed by atoms with Gasteiger partial charge in [-0.05, 0) is 44.2 Å². The Bertz CT molecular complexity index is 580. The summed E-state index contributed by atoms with van der Waals surface area (Å²) < 4.78 is 15.0. The third-order valence-corrected chi connectivity index (χ3v) is 3.46. The van der Waals surface area contributed by atoms with E-state index in [1.807, 2.05) is 31.8 Å². The molecule has 0 radical (unpaired) electrons. The largest absolute Gasteiger partial charge is 0.311 e. The van der Waals surface area contributed by atoms with Crippen molar-refractivity contribution in [2.24, 2.45) is 7.05 Å². The molecule has 0 saturated heterocycles. The van der Waals surface area contributed by atoms with Gasteiger partial charge in [-0.2, -0.15) is 5.10 Å².